The summed E-state index contributed by atoms with van der Waals surface area (Å²) in [6.45, 7) is 2.10. The van der Waals surface area contributed by atoms with E-state index in [1.807, 2.05) is 6.07 Å². The summed E-state index contributed by atoms with van der Waals surface area (Å²) in [4.78, 5) is 4.28. The van der Waals surface area contributed by atoms with Crippen molar-refractivity contribution < 1.29 is 0 Å². The molecule has 0 unspecified atom stereocenters. The number of rotatable bonds is 0. The number of fused-ring (bicyclic) bond motifs is 1. The Morgan fingerprint density at radius 1 is 1.33 bits per heavy atom. The molecular weight excluding hydrogens is 148 g/mol. The topological polar surface area (TPSA) is 38.4 Å². The van der Waals surface area contributed by atoms with E-state index in [0.717, 1.165) is 24.4 Å². The van der Waals surface area contributed by atoms with Gasteiger partial charge in [-0.2, -0.15) is 0 Å². The first kappa shape index (κ1) is 7.35. The van der Waals surface area contributed by atoms with Crippen molar-refractivity contribution in [3.8, 4) is 0 Å². The third-order valence-electron chi connectivity index (χ3n) is 2.15. The Morgan fingerprint density at radius 2 is 2.17 bits per heavy atom. The number of amidine groups is 1. The Labute approximate surface area is 72.1 Å². The second-order valence-electron chi connectivity index (χ2n) is 3.24. The fraction of sp³-hybridized carbons (Fsp3) is 0.300. The van der Waals surface area contributed by atoms with E-state index < -0.39 is 0 Å². The fourth-order valence-electron chi connectivity index (χ4n) is 1.50. The molecule has 1 aromatic rings. The average molecular weight is 160 g/mol. The van der Waals surface area contributed by atoms with Crippen molar-refractivity contribution in [2.75, 3.05) is 0 Å². The number of hydrogen-bond donors (Lipinski definition) is 1. The molecule has 0 aliphatic carbocycles. The number of aryl methyl sites for hydroxylation is 2. The molecular formula is C10H12N2. The minimum atomic E-state index is 0.756. The summed E-state index contributed by atoms with van der Waals surface area (Å²) in [5, 5.41) is 0. The molecule has 62 valence electrons. The number of aliphatic imine (C=N–C) groups is 1. The Kier molecular flexibility index (Phi) is 1.61. The highest BCUT2D eigenvalue weighted by Crippen LogP contribution is 2.25. The van der Waals surface area contributed by atoms with Gasteiger partial charge < -0.3 is 5.73 Å². The first-order chi connectivity index (χ1) is 5.75. The Hall–Kier alpha value is -1.31. The molecule has 0 bridgehead atoms. The lowest BCUT2D eigenvalue weighted by atomic mass is 10.0. The minimum absolute atomic E-state index is 0.756. The molecule has 0 spiro atoms. The molecule has 0 saturated heterocycles. The molecule has 2 nitrogen and oxygen atoms in total. The van der Waals surface area contributed by atoms with Crippen LogP contribution < -0.4 is 5.73 Å². The van der Waals surface area contributed by atoms with E-state index in [1.54, 1.807) is 0 Å². The zero-order valence-corrected chi connectivity index (χ0v) is 7.17. The van der Waals surface area contributed by atoms with E-state index in [1.165, 1.54) is 11.1 Å². The Balaban J connectivity index is 2.51. The maximum atomic E-state index is 5.64. The molecule has 2 rings (SSSR count). The fourth-order valence-corrected chi connectivity index (χ4v) is 1.50. The molecule has 2 heteroatoms. The SMILES string of the molecule is Cc1ccc2c(c1)CCC(N)=N2. The normalized spacial score (nSPS) is 15.2. The van der Waals surface area contributed by atoms with Crippen LogP contribution in [0.4, 0.5) is 5.69 Å². The molecule has 0 radical (unpaired) electrons. The van der Waals surface area contributed by atoms with Crippen molar-refractivity contribution in [2.24, 2.45) is 10.7 Å². The van der Waals surface area contributed by atoms with Gasteiger partial charge in [-0.25, -0.2) is 4.99 Å². The van der Waals surface area contributed by atoms with Crippen molar-refractivity contribution >= 4 is 11.5 Å². The molecule has 0 amide bonds. The quantitative estimate of drug-likeness (QED) is 0.618. The van der Waals surface area contributed by atoms with Crippen molar-refractivity contribution in [3.05, 3.63) is 29.3 Å². The summed E-state index contributed by atoms with van der Waals surface area (Å²) < 4.78 is 0. The number of nitrogens with zero attached hydrogens (tertiary/aromatic N) is 1. The van der Waals surface area contributed by atoms with Gasteiger partial charge in [0.15, 0.2) is 0 Å². The van der Waals surface area contributed by atoms with Gasteiger partial charge in [0.05, 0.1) is 11.5 Å². The van der Waals surface area contributed by atoms with Crippen LogP contribution in [0.3, 0.4) is 0 Å². The molecule has 0 saturated carbocycles. The standard InChI is InChI=1S/C10H12N2/c1-7-2-4-9-8(6-7)3-5-10(11)12-9/h2,4,6H,3,5H2,1H3,(H2,11,12). The second-order valence-corrected chi connectivity index (χ2v) is 3.24. The average Bonchev–Trinajstić information content (AvgIpc) is 2.05. The molecule has 1 aliphatic heterocycles. The molecule has 1 aliphatic rings. The lowest BCUT2D eigenvalue weighted by Crippen LogP contribution is -2.15. The largest absolute Gasteiger partial charge is 0.387 e. The number of nitrogens with two attached hydrogens (primary N) is 1. The van der Waals surface area contributed by atoms with Crippen LogP contribution >= 0.6 is 0 Å². The predicted molar refractivity (Wildman–Crippen MR) is 50.8 cm³/mol. The number of benzene rings is 1. The van der Waals surface area contributed by atoms with Crippen LogP contribution in [0.5, 0.6) is 0 Å². The van der Waals surface area contributed by atoms with Gasteiger partial charge in [-0.1, -0.05) is 17.7 Å². The molecule has 1 heterocycles. The van der Waals surface area contributed by atoms with E-state index >= 15 is 0 Å². The highest BCUT2D eigenvalue weighted by Gasteiger charge is 2.08. The van der Waals surface area contributed by atoms with Crippen LogP contribution in [0.2, 0.25) is 0 Å². The van der Waals surface area contributed by atoms with Crippen molar-refractivity contribution in [1.29, 1.82) is 0 Å². The molecule has 0 fully saturated rings. The maximum absolute atomic E-state index is 5.64. The van der Waals surface area contributed by atoms with Crippen LogP contribution in [-0.4, -0.2) is 5.84 Å². The molecule has 0 atom stereocenters. The van der Waals surface area contributed by atoms with Crippen molar-refractivity contribution in [1.82, 2.24) is 0 Å². The maximum Gasteiger partial charge on any atom is 0.0999 e. The van der Waals surface area contributed by atoms with Crippen LogP contribution in [0, 0.1) is 6.92 Å². The smallest absolute Gasteiger partial charge is 0.0999 e. The van der Waals surface area contributed by atoms with Crippen LogP contribution in [0.15, 0.2) is 23.2 Å². The summed E-state index contributed by atoms with van der Waals surface area (Å²) in [6, 6.07) is 6.29. The summed E-state index contributed by atoms with van der Waals surface area (Å²) in [6.07, 6.45) is 1.93. The van der Waals surface area contributed by atoms with Gasteiger partial charge in [0.1, 0.15) is 0 Å². The monoisotopic (exact) mass is 160 g/mol. The van der Waals surface area contributed by atoms with Gasteiger partial charge in [0, 0.05) is 6.42 Å². The van der Waals surface area contributed by atoms with E-state index in [2.05, 4.69) is 24.0 Å². The summed E-state index contributed by atoms with van der Waals surface area (Å²) >= 11 is 0. The first-order valence-corrected chi connectivity index (χ1v) is 4.18. The Bertz CT molecular complexity index is 340. The van der Waals surface area contributed by atoms with Crippen LogP contribution in [-0.2, 0) is 6.42 Å². The molecule has 1 aromatic carbocycles. The van der Waals surface area contributed by atoms with Gasteiger partial charge in [-0.05, 0) is 25.0 Å². The lowest BCUT2D eigenvalue weighted by molar-refractivity contribution is 0.992. The lowest BCUT2D eigenvalue weighted by Gasteiger charge is -2.12. The predicted octanol–water partition coefficient (Wildman–Crippen LogP) is 1.93. The molecule has 2 N–H and O–H groups in total. The zero-order chi connectivity index (χ0) is 8.55. The first-order valence-electron chi connectivity index (χ1n) is 4.18. The van der Waals surface area contributed by atoms with Gasteiger partial charge in [-0.15, -0.1) is 0 Å². The summed E-state index contributed by atoms with van der Waals surface area (Å²) in [5.41, 5.74) is 9.30. The second kappa shape index (κ2) is 2.63. The Morgan fingerprint density at radius 3 is 3.00 bits per heavy atom. The van der Waals surface area contributed by atoms with Crippen LogP contribution in [0.1, 0.15) is 17.5 Å². The van der Waals surface area contributed by atoms with E-state index in [0.29, 0.717) is 0 Å². The van der Waals surface area contributed by atoms with Crippen molar-refractivity contribution in [2.45, 2.75) is 19.8 Å². The highest BCUT2D eigenvalue weighted by atomic mass is 14.9. The zero-order valence-electron chi connectivity index (χ0n) is 7.17. The van der Waals surface area contributed by atoms with E-state index in [4.69, 9.17) is 5.73 Å². The molecule has 0 aromatic heterocycles. The minimum Gasteiger partial charge on any atom is -0.387 e. The number of hydrogen-bond acceptors (Lipinski definition) is 2. The van der Waals surface area contributed by atoms with Gasteiger partial charge in [0.2, 0.25) is 0 Å². The summed E-state index contributed by atoms with van der Waals surface area (Å²) in [7, 11) is 0. The van der Waals surface area contributed by atoms with E-state index in [-0.39, 0.29) is 0 Å². The highest BCUT2D eigenvalue weighted by molar-refractivity contribution is 5.85. The third-order valence-corrected chi connectivity index (χ3v) is 2.15. The van der Waals surface area contributed by atoms with Gasteiger partial charge >= 0.3 is 0 Å². The van der Waals surface area contributed by atoms with Crippen molar-refractivity contribution in [3.63, 3.8) is 0 Å². The molecule has 12 heavy (non-hydrogen) atoms. The van der Waals surface area contributed by atoms with E-state index in [9.17, 15) is 0 Å². The third kappa shape index (κ3) is 1.20. The summed E-state index contributed by atoms with van der Waals surface area (Å²) in [5.74, 6) is 0.756. The van der Waals surface area contributed by atoms with Crippen LogP contribution in [0.25, 0.3) is 0 Å². The van der Waals surface area contributed by atoms with Gasteiger partial charge in [-0.3, -0.25) is 0 Å². The van der Waals surface area contributed by atoms with Gasteiger partial charge in [0.25, 0.3) is 0 Å².